The molecule has 0 unspecified atom stereocenters. The van der Waals surface area contributed by atoms with E-state index in [-0.39, 0.29) is 35.1 Å². The van der Waals surface area contributed by atoms with Crippen molar-refractivity contribution in [1.82, 2.24) is 0 Å². The molecule has 0 aliphatic heterocycles. The summed E-state index contributed by atoms with van der Waals surface area (Å²) in [6.45, 7) is -1.40. The van der Waals surface area contributed by atoms with E-state index in [0.717, 1.165) is 0 Å². The highest BCUT2D eigenvalue weighted by Crippen LogP contribution is 2.32. The molecule has 0 radical (unpaired) electrons. The average Bonchev–Trinajstić information content (AvgIpc) is 2.61. The molecular weight excluding hydrogens is 362 g/mol. The minimum absolute atomic E-state index is 0.101. The van der Waals surface area contributed by atoms with Crippen LogP contribution in [0.15, 0.2) is 36.4 Å². The quantitative estimate of drug-likeness (QED) is 0.390. The number of nitrogens with zero attached hydrogens (tertiary/aromatic N) is 2. The highest BCUT2D eigenvalue weighted by Gasteiger charge is 2.20. The molecule has 2 aromatic rings. The van der Waals surface area contributed by atoms with Crippen molar-refractivity contribution in [3.8, 4) is 11.5 Å². The summed E-state index contributed by atoms with van der Waals surface area (Å²) >= 11 is 0. The first kappa shape index (κ1) is 20.1. The van der Waals surface area contributed by atoms with Crippen molar-refractivity contribution >= 4 is 17.2 Å². The molecule has 0 bridgehead atoms. The van der Waals surface area contributed by atoms with E-state index >= 15 is 0 Å². The first-order valence-corrected chi connectivity index (χ1v) is 7.85. The number of methoxy groups -OCH3 is 1. The van der Waals surface area contributed by atoms with Gasteiger partial charge in [0.15, 0.2) is 17.3 Å². The smallest absolute Gasteiger partial charge is 0.387 e. The topological polar surface area (TPSA) is 81.9 Å². The van der Waals surface area contributed by atoms with Crippen molar-refractivity contribution in [2.75, 3.05) is 19.1 Å². The van der Waals surface area contributed by atoms with E-state index in [4.69, 9.17) is 4.74 Å². The van der Waals surface area contributed by atoms with Crippen LogP contribution in [0.1, 0.15) is 22.8 Å². The molecule has 2 aromatic carbocycles. The van der Waals surface area contributed by atoms with Gasteiger partial charge in [-0.1, -0.05) is 6.07 Å². The summed E-state index contributed by atoms with van der Waals surface area (Å²) < 4.78 is 34.2. The van der Waals surface area contributed by atoms with Crippen molar-refractivity contribution in [3.63, 3.8) is 0 Å². The maximum Gasteiger partial charge on any atom is 0.387 e. The van der Waals surface area contributed by atoms with Gasteiger partial charge in [0.2, 0.25) is 0 Å². The molecule has 0 aliphatic rings. The Morgan fingerprint density at radius 3 is 2.48 bits per heavy atom. The van der Waals surface area contributed by atoms with E-state index in [1.807, 2.05) is 0 Å². The normalized spacial score (nSPS) is 10.6. The molecule has 0 aliphatic carbocycles. The Balaban J connectivity index is 2.30. The predicted molar refractivity (Wildman–Crippen MR) is 94.8 cm³/mol. The molecule has 9 heteroatoms. The van der Waals surface area contributed by atoms with Gasteiger partial charge in [0.25, 0.3) is 5.69 Å². The van der Waals surface area contributed by atoms with Crippen LogP contribution in [0.25, 0.3) is 0 Å². The molecule has 0 saturated carbocycles. The van der Waals surface area contributed by atoms with Gasteiger partial charge < -0.3 is 14.4 Å². The Morgan fingerprint density at radius 2 is 1.93 bits per heavy atom. The zero-order valence-electron chi connectivity index (χ0n) is 14.9. The molecule has 0 atom stereocenters. The molecule has 0 amide bonds. The molecule has 144 valence electrons. The molecule has 0 spiro atoms. The van der Waals surface area contributed by atoms with Crippen LogP contribution in [-0.2, 0) is 6.54 Å². The van der Waals surface area contributed by atoms with E-state index in [1.165, 1.54) is 44.4 Å². The number of anilines is 1. The van der Waals surface area contributed by atoms with Gasteiger partial charge in [0.05, 0.1) is 12.0 Å². The molecule has 2 rings (SSSR count). The standard InChI is InChI=1S/C18H18F2N2O5/c1-11(23)13-5-6-14(15(9-13)22(24)25)21(2)10-12-4-7-16(27-18(19)20)17(8-12)26-3/h4-9,18H,10H2,1-3H3. The first-order chi connectivity index (χ1) is 12.7. The third-order valence-electron chi connectivity index (χ3n) is 3.85. The van der Waals surface area contributed by atoms with Gasteiger partial charge in [-0.3, -0.25) is 14.9 Å². The monoisotopic (exact) mass is 380 g/mol. The third kappa shape index (κ3) is 4.90. The van der Waals surface area contributed by atoms with Crippen LogP contribution in [0.5, 0.6) is 11.5 Å². The lowest BCUT2D eigenvalue weighted by Gasteiger charge is -2.20. The highest BCUT2D eigenvalue weighted by molar-refractivity contribution is 5.95. The van der Waals surface area contributed by atoms with Gasteiger partial charge >= 0.3 is 6.61 Å². The van der Waals surface area contributed by atoms with Crippen molar-refractivity contribution in [2.24, 2.45) is 0 Å². The van der Waals surface area contributed by atoms with Crippen molar-refractivity contribution in [2.45, 2.75) is 20.1 Å². The number of rotatable bonds is 8. The maximum absolute atomic E-state index is 12.4. The summed E-state index contributed by atoms with van der Waals surface area (Å²) in [7, 11) is 2.97. The SMILES string of the molecule is COc1cc(CN(C)c2ccc(C(C)=O)cc2[N+](=O)[O-])ccc1OC(F)F. The molecule has 0 heterocycles. The van der Waals surface area contributed by atoms with Crippen LogP contribution in [0.2, 0.25) is 0 Å². The number of Topliss-reactive ketones (excluding diaryl/α,β-unsaturated/α-hetero) is 1. The van der Waals surface area contributed by atoms with Crippen LogP contribution in [0, 0.1) is 10.1 Å². The number of carbonyl (C=O) groups is 1. The predicted octanol–water partition coefficient (Wildman–Crippen LogP) is 4.04. The number of ketones is 1. The number of nitro groups is 1. The second-order valence-electron chi connectivity index (χ2n) is 5.74. The Bertz CT molecular complexity index is 858. The number of halogens is 2. The van der Waals surface area contributed by atoms with E-state index < -0.39 is 11.5 Å². The fourth-order valence-electron chi connectivity index (χ4n) is 2.57. The van der Waals surface area contributed by atoms with E-state index in [2.05, 4.69) is 4.74 Å². The lowest BCUT2D eigenvalue weighted by molar-refractivity contribution is -0.384. The summed E-state index contributed by atoms with van der Waals surface area (Å²) in [4.78, 5) is 23.9. The number of benzene rings is 2. The molecule has 0 saturated heterocycles. The summed E-state index contributed by atoms with van der Waals surface area (Å²) in [6.07, 6.45) is 0. The molecule has 27 heavy (non-hydrogen) atoms. The lowest BCUT2D eigenvalue weighted by atomic mass is 10.1. The van der Waals surface area contributed by atoms with E-state index in [0.29, 0.717) is 11.3 Å². The Kier molecular flexibility index (Phi) is 6.27. The van der Waals surface area contributed by atoms with Crippen molar-refractivity contribution < 1.29 is 28.0 Å². The number of hydrogen-bond acceptors (Lipinski definition) is 6. The fourth-order valence-corrected chi connectivity index (χ4v) is 2.57. The van der Waals surface area contributed by atoms with Crippen molar-refractivity contribution in [1.29, 1.82) is 0 Å². The fraction of sp³-hybridized carbons (Fsp3) is 0.278. The first-order valence-electron chi connectivity index (χ1n) is 7.85. The minimum Gasteiger partial charge on any atom is -0.493 e. The summed E-state index contributed by atoms with van der Waals surface area (Å²) in [5.74, 6) is -0.245. The van der Waals surface area contributed by atoms with Gasteiger partial charge in [0.1, 0.15) is 5.69 Å². The van der Waals surface area contributed by atoms with Crippen LogP contribution in [0.3, 0.4) is 0 Å². The lowest BCUT2D eigenvalue weighted by Crippen LogP contribution is -2.18. The minimum atomic E-state index is -2.98. The van der Waals surface area contributed by atoms with Crippen LogP contribution in [0.4, 0.5) is 20.2 Å². The maximum atomic E-state index is 12.4. The van der Waals surface area contributed by atoms with Gasteiger partial charge in [-0.05, 0) is 36.8 Å². The second-order valence-corrected chi connectivity index (χ2v) is 5.74. The van der Waals surface area contributed by atoms with E-state index in [1.54, 1.807) is 18.0 Å². The summed E-state index contributed by atoms with van der Waals surface area (Å²) in [5, 5.41) is 11.4. The summed E-state index contributed by atoms with van der Waals surface area (Å²) in [5.41, 5.74) is 1.03. The largest absolute Gasteiger partial charge is 0.493 e. The van der Waals surface area contributed by atoms with Gasteiger partial charge in [0, 0.05) is 25.2 Å². The zero-order chi connectivity index (χ0) is 20.1. The second kappa shape index (κ2) is 8.43. The van der Waals surface area contributed by atoms with Crippen LogP contribution >= 0.6 is 0 Å². The van der Waals surface area contributed by atoms with Crippen LogP contribution in [-0.4, -0.2) is 31.5 Å². The Labute approximate surface area is 154 Å². The molecular formula is C18H18F2N2O5. The highest BCUT2D eigenvalue weighted by atomic mass is 19.3. The van der Waals surface area contributed by atoms with Gasteiger partial charge in [-0.15, -0.1) is 0 Å². The van der Waals surface area contributed by atoms with Gasteiger partial charge in [-0.25, -0.2) is 0 Å². The van der Waals surface area contributed by atoms with Crippen molar-refractivity contribution in [3.05, 3.63) is 57.6 Å². The average molecular weight is 380 g/mol. The zero-order valence-corrected chi connectivity index (χ0v) is 14.9. The number of carbonyl (C=O) groups excluding carboxylic acids is 1. The van der Waals surface area contributed by atoms with Crippen LogP contribution < -0.4 is 14.4 Å². The number of ether oxygens (including phenoxy) is 2. The Morgan fingerprint density at radius 1 is 1.22 bits per heavy atom. The Hall–Kier alpha value is -3.23. The van der Waals surface area contributed by atoms with Gasteiger partial charge in [-0.2, -0.15) is 8.78 Å². The molecule has 7 nitrogen and oxygen atoms in total. The molecule has 0 fully saturated rings. The third-order valence-corrected chi connectivity index (χ3v) is 3.85. The number of alkyl halides is 2. The summed E-state index contributed by atoms with van der Waals surface area (Å²) in [6, 6.07) is 8.67. The molecule has 0 aromatic heterocycles. The number of nitro benzene ring substituents is 1. The number of hydrogen-bond donors (Lipinski definition) is 0. The molecule has 0 N–H and O–H groups in total. The van der Waals surface area contributed by atoms with E-state index in [9.17, 15) is 23.7 Å².